The molecule has 3 nitrogen and oxygen atoms in total. The second-order valence-electron chi connectivity index (χ2n) is 3.86. The quantitative estimate of drug-likeness (QED) is 0.682. The van der Waals surface area contributed by atoms with Gasteiger partial charge in [0.05, 0.1) is 17.1 Å². The summed E-state index contributed by atoms with van der Waals surface area (Å²) in [7, 11) is 0. The van der Waals surface area contributed by atoms with E-state index in [9.17, 15) is 0 Å². The Hall–Kier alpha value is -2.55. The summed E-state index contributed by atoms with van der Waals surface area (Å²) in [6, 6.07) is 15.6. The molecule has 0 aliphatic rings. The van der Waals surface area contributed by atoms with Gasteiger partial charge in [-0.15, -0.1) is 0 Å². The molecule has 0 fully saturated rings. The lowest BCUT2D eigenvalue weighted by Crippen LogP contribution is -1.88. The molecule has 0 aliphatic heterocycles. The molecular formula is C15H11N3. The molecule has 86 valence electrons. The molecule has 0 atom stereocenters. The average Bonchev–Trinajstić information content (AvgIpc) is 2.49. The summed E-state index contributed by atoms with van der Waals surface area (Å²) in [6.45, 7) is 0. The lowest BCUT2D eigenvalue weighted by molar-refractivity contribution is 1.24. The highest BCUT2D eigenvalue weighted by molar-refractivity contribution is 5.65. The van der Waals surface area contributed by atoms with Crippen LogP contribution < -0.4 is 0 Å². The van der Waals surface area contributed by atoms with Gasteiger partial charge in [-0.2, -0.15) is 0 Å². The maximum atomic E-state index is 4.34. The SMILES string of the molecule is c1ccc(-c2ccnc(-c3ccccn3)c2)nc1. The fraction of sp³-hybridized carbons (Fsp3) is 0. The van der Waals surface area contributed by atoms with Crippen molar-refractivity contribution >= 4 is 0 Å². The van der Waals surface area contributed by atoms with Crippen molar-refractivity contribution in [2.75, 3.05) is 0 Å². The predicted molar refractivity (Wildman–Crippen MR) is 70.7 cm³/mol. The van der Waals surface area contributed by atoms with Crippen molar-refractivity contribution in [3.05, 3.63) is 67.1 Å². The van der Waals surface area contributed by atoms with E-state index in [0.29, 0.717) is 0 Å². The zero-order valence-electron chi connectivity index (χ0n) is 9.69. The molecule has 0 aliphatic carbocycles. The molecule has 0 spiro atoms. The zero-order chi connectivity index (χ0) is 12.2. The smallest absolute Gasteiger partial charge is 0.0892 e. The molecule has 3 rings (SSSR count). The summed E-state index contributed by atoms with van der Waals surface area (Å²) in [5, 5.41) is 0. The van der Waals surface area contributed by atoms with Crippen molar-refractivity contribution in [3.63, 3.8) is 0 Å². The topological polar surface area (TPSA) is 38.7 Å². The third kappa shape index (κ3) is 2.11. The monoisotopic (exact) mass is 233 g/mol. The second-order valence-corrected chi connectivity index (χ2v) is 3.86. The van der Waals surface area contributed by atoms with Crippen LogP contribution in [0, 0.1) is 0 Å². The van der Waals surface area contributed by atoms with Crippen LogP contribution in [0.4, 0.5) is 0 Å². The summed E-state index contributed by atoms with van der Waals surface area (Å²) >= 11 is 0. The maximum Gasteiger partial charge on any atom is 0.0892 e. The summed E-state index contributed by atoms with van der Waals surface area (Å²) in [5.41, 5.74) is 3.72. The van der Waals surface area contributed by atoms with E-state index in [1.165, 1.54) is 0 Å². The van der Waals surface area contributed by atoms with Crippen LogP contribution in [-0.2, 0) is 0 Å². The zero-order valence-corrected chi connectivity index (χ0v) is 9.69. The van der Waals surface area contributed by atoms with Crippen LogP contribution in [0.3, 0.4) is 0 Å². The second kappa shape index (κ2) is 4.75. The number of pyridine rings is 3. The van der Waals surface area contributed by atoms with Gasteiger partial charge in [0.15, 0.2) is 0 Å². The first kappa shape index (κ1) is 10.6. The highest BCUT2D eigenvalue weighted by atomic mass is 14.8. The summed E-state index contributed by atoms with van der Waals surface area (Å²) < 4.78 is 0. The van der Waals surface area contributed by atoms with Gasteiger partial charge < -0.3 is 0 Å². The van der Waals surface area contributed by atoms with Gasteiger partial charge in [0.2, 0.25) is 0 Å². The summed E-state index contributed by atoms with van der Waals surface area (Å²) in [4.78, 5) is 13.0. The molecule has 0 N–H and O–H groups in total. The molecule has 0 saturated heterocycles. The van der Waals surface area contributed by atoms with E-state index in [1.807, 2.05) is 48.5 Å². The highest BCUT2D eigenvalue weighted by Gasteiger charge is 2.03. The Morgan fingerprint density at radius 1 is 0.556 bits per heavy atom. The standard InChI is InChI=1S/C15H11N3/c1-3-8-16-13(5-1)12-7-10-18-15(11-12)14-6-2-4-9-17-14/h1-11H. The molecular weight excluding hydrogens is 222 g/mol. The van der Waals surface area contributed by atoms with E-state index in [4.69, 9.17) is 0 Å². The number of hydrogen-bond acceptors (Lipinski definition) is 3. The number of aromatic nitrogens is 3. The molecule has 0 radical (unpaired) electrons. The molecule has 3 heteroatoms. The minimum absolute atomic E-state index is 0.860. The van der Waals surface area contributed by atoms with E-state index in [-0.39, 0.29) is 0 Å². The van der Waals surface area contributed by atoms with Crippen molar-refractivity contribution in [2.45, 2.75) is 0 Å². The normalized spacial score (nSPS) is 10.2. The van der Waals surface area contributed by atoms with E-state index in [1.54, 1.807) is 18.6 Å². The van der Waals surface area contributed by atoms with Crippen molar-refractivity contribution in [3.8, 4) is 22.6 Å². The van der Waals surface area contributed by atoms with Crippen LogP contribution in [0.5, 0.6) is 0 Å². The molecule has 3 aromatic heterocycles. The van der Waals surface area contributed by atoms with Gasteiger partial charge in [0.1, 0.15) is 0 Å². The maximum absolute atomic E-state index is 4.34. The Labute approximate surface area is 105 Å². The van der Waals surface area contributed by atoms with Crippen molar-refractivity contribution in [2.24, 2.45) is 0 Å². The van der Waals surface area contributed by atoms with E-state index < -0.39 is 0 Å². The third-order valence-corrected chi connectivity index (χ3v) is 2.65. The largest absolute Gasteiger partial charge is 0.256 e. The highest BCUT2D eigenvalue weighted by Crippen LogP contribution is 2.21. The first-order valence-corrected chi connectivity index (χ1v) is 5.72. The molecule has 3 aromatic rings. The van der Waals surface area contributed by atoms with Gasteiger partial charge >= 0.3 is 0 Å². The Balaban J connectivity index is 2.05. The van der Waals surface area contributed by atoms with Crippen molar-refractivity contribution in [1.82, 2.24) is 15.0 Å². The number of hydrogen-bond donors (Lipinski definition) is 0. The lowest BCUT2D eigenvalue weighted by Gasteiger charge is -2.03. The van der Waals surface area contributed by atoms with Gasteiger partial charge in [0.25, 0.3) is 0 Å². The van der Waals surface area contributed by atoms with E-state index >= 15 is 0 Å². The fourth-order valence-corrected chi connectivity index (χ4v) is 1.78. The van der Waals surface area contributed by atoms with Crippen LogP contribution >= 0.6 is 0 Å². The Kier molecular flexibility index (Phi) is 2.80. The molecule has 0 unspecified atom stereocenters. The molecule has 18 heavy (non-hydrogen) atoms. The first-order valence-electron chi connectivity index (χ1n) is 5.72. The van der Waals surface area contributed by atoms with Crippen LogP contribution in [-0.4, -0.2) is 15.0 Å². The molecule has 0 saturated carbocycles. The Morgan fingerprint density at radius 3 is 1.89 bits per heavy atom. The van der Waals surface area contributed by atoms with E-state index in [2.05, 4.69) is 15.0 Å². The summed E-state index contributed by atoms with van der Waals surface area (Å²) in [5.74, 6) is 0. The third-order valence-electron chi connectivity index (χ3n) is 2.65. The van der Waals surface area contributed by atoms with Gasteiger partial charge in [-0.3, -0.25) is 15.0 Å². The van der Waals surface area contributed by atoms with E-state index in [0.717, 1.165) is 22.6 Å². The van der Waals surface area contributed by atoms with Crippen molar-refractivity contribution in [1.29, 1.82) is 0 Å². The Bertz CT molecular complexity index is 581. The van der Waals surface area contributed by atoms with Crippen LogP contribution in [0.2, 0.25) is 0 Å². The lowest BCUT2D eigenvalue weighted by atomic mass is 10.1. The predicted octanol–water partition coefficient (Wildman–Crippen LogP) is 3.21. The summed E-state index contributed by atoms with van der Waals surface area (Å²) in [6.07, 6.45) is 5.34. The molecule has 3 heterocycles. The average molecular weight is 233 g/mol. The molecule has 0 amide bonds. The fourth-order valence-electron chi connectivity index (χ4n) is 1.78. The van der Waals surface area contributed by atoms with Gasteiger partial charge in [0, 0.05) is 24.2 Å². The van der Waals surface area contributed by atoms with Crippen LogP contribution in [0.15, 0.2) is 67.1 Å². The first-order chi connectivity index (χ1) is 8.93. The van der Waals surface area contributed by atoms with Gasteiger partial charge in [-0.1, -0.05) is 12.1 Å². The number of rotatable bonds is 2. The molecule has 0 bridgehead atoms. The van der Waals surface area contributed by atoms with Gasteiger partial charge in [-0.25, -0.2) is 0 Å². The minimum Gasteiger partial charge on any atom is -0.256 e. The van der Waals surface area contributed by atoms with Crippen molar-refractivity contribution < 1.29 is 0 Å². The Morgan fingerprint density at radius 2 is 1.22 bits per heavy atom. The number of nitrogens with zero attached hydrogens (tertiary/aromatic N) is 3. The van der Waals surface area contributed by atoms with Crippen LogP contribution in [0.25, 0.3) is 22.6 Å². The van der Waals surface area contributed by atoms with Gasteiger partial charge in [-0.05, 0) is 36.4 Å². The van der Waals surface area contributed by atoms with Crippen LogP contribution in [0.1, 0.15) is 0 Å². The minimum atomic E-state index is 0.860. The molecule has 0 aromatic carbocycles.